The summed E-state index contributed by atoms with van der Waals surface area (Å²) >= 11 is 0. The molecule has 0 radical (unpaired) electrons. The second-order valence-corrected chi connectivity index (χ2v) is 6.49. The van der Waals surface area contributed by atoms with E-state index in [0.717, 1.165) is 29.6 Å². The highest BCUT2D eigenvalue weighted by atomic mass is 16.6. The van der Waals surface area contributed by atoms with Gasteiger partial charge in [0.05, 0.1) is 5.52 Å². The smallest absolute Gasteiger partial charge is 0.323 e. The van der Waals surface area contributed by atoms with Crippen LogP contribution in [-0.2, 0) is 17.8 Å². The molecule has 0 atom stereocenters. The van der Waals surface area contributed by atoms with E-state index in [0.29, 0.717) is 19.0 Å². The standard InChI is InChI=1S/C18H22N2O4/c21-18(22)12-20-11-13(3-6-19-4-1-2-5-19)14-9-16-17(10-15(14)20)24-8-7-23-16/h9-11H,1-8,12H2,(H,21,22). The monoisotopic (exact) mass is 330 g/mol. The van der Waals surface area contributed by atoms with E-state index in [9.17, 15) is 9.90 Å². The van der Waals surface area contributed by atoms with Gasteiger partial charge in [-0.25, -0.2) is 0 Å². The average Bonchev–Trinajstić information content (AvgIpc) is 3.19. The molecule has 24 heavy (non-hydrogen) atoms. The Labute approximate surface area is 140 Å². The molecule has 0 unspecified atom stereocenters. The third-order valence-corrected chi connectivity index (χ3v) is 4.83. The molecule has 0 amide bonds. The van der Waals surface area contributed by atoms with Crippen molar-refractivity contribution in [3.05, 3.63) is 23.9 Å². The number of ether oxygens (including phenoxy) is 2. The summed E-state index contributed by atoms with van der Waals surface area (Å²) in [4.78, 5) is 13.7. The normalized spacial score (nSPS) is 17.5. The largest absolute Gasteiger partial charge is 0.486 e. The highest BCUT2D eigenvalue weighted by molar-refractivity contribution is 5.88. The lowest BCUT2D eigenvalue weighted by atomic mass is 10.1. The van der Waals surface area contributed by atoms with Crippen LogP contribution in [0.2, 0.25) is 0 Å². The summed E-state index contributed by atoms with van der Waals surface area (Å²) in [5, 5.41) is 10.3. The fraction of sp³-hybridized carbons (Fsp3) is 0.500. The third kappa shape index (κ3) is 2.94. The maximum Gasteiger partial charge on any atom is 0.323 e. The Bertz CT molecular complexity index is 762. The zero-order chi connectivity index (χ0) is 16.5. The molecule has 1 N–H and O–H groups in total. The molecule has 3 heterocycles. The zero-order valence-corrected chi connectivity index (χ0v) is 13.7. The van der Waals surface area contributed by atoms with E-state index in [2.05, 4.69) is 4.90 Å². The summed E-state index contributed by atoms with van der Waals surface area (Å²) in [6.45, 7) is 4.39. The van der Waals surface area contributed by atoms with Gasteiger partial charge in [-0.3, -0.25) is 4.79 Å². The summed E-state index contributed by atoms with van der Waals surface area (Å²) in [7, 11) is 0. The minimum Gasteiger partial charge on any atom is -0.486 e. The van der Waals surface area contributed by atoms with Crippen LogP contribution in [-0.4, -0.2) is 53.4 Å². The predicted molar refractivity (Wildman–Crippen MR) is 89.9 cm³/mol. The molecule has 2 aliphatic heterocycles. The number of carboxylic acids is 1. The SMILES string of the molecule is O=C(O)Cn1cc(CCN2CCCC2)c2cc3c(cc21)OCCO3. The average molecular weight is 330 g/mol. The summed E-state index contributed by atoms with van der Waals surface area (Å²) in [5.74, 6) is 0.613. The molecule has 4 rings (SSSR count). The zero-order valence-electron chi connectivity index (χ0n) is 13.7. The number of carbonyl (C=O) groups is 1. The molecule has 1 aromatic carbocycles. The minimum atomic E-state index is -0.840. The molecule has 2 aliphatic rings. The van der Waals surface area contributed by atoms with Gasteiger partial charge < -0.3 is 24.0 Å². The Morgan fingerprint density at radius 1 is 1.12 bits per heavy atom. The Balaban J connectivity index is 1.69. The first kappa shape index (κ1) is 15.3. The number of aliphatic carboxylic acids is 1. The van der Waals surface area contributed by atoms with Crippen molar-refractivity contribution in [2.24, 2.45) is 0 Å². The van der Waals surface area contributed by atoms with Crippen molar-refractivity contribution in [2.75, 3.05) is 32.8 Å². The van der Waals surface area contributed by atoms with Crippen molar-refractivity contribution in [3.8, 4) is 11.5 Å². The van der Waals surface area contributed by atoms with Crippen molar-refractivity contribution < 1.29 is 19.4 Å². The van der Waals surface area contributed by atoms with E-state index in [1.165, 1.54) is 31.5 Å². The van der Waals surface area contributed by atoms with Gasteiger partial charge >= 0.3 is 5.97 Å². The fourth-order valence-electron chi connectivity index (χ4n) is 3.66. The van der Waals surface area contributed by atoms with Gasteiger partial charge in [0.25, 0.3) is 0 Å². The van der Waals surface area contributed by atoms with Crippen LogP contribution in [0.5, 0.6) is 11.5 Å². The van der Waals surface area contributed by atoms with Gasteiger partial charge in [-0.15, -0.1) is 0 Å². The number of likely N-dealkylation sites (tertiary alicyclic amines) is 1. The van der Waals surface area contributed by atoms with Crippen LogP contribution < -0.4 is 9.47 Å². The lowest BCUT2D eigenvalue weighted by Gasteiger charge is -2.19. The molecule has 128 valence electrons. The Morgan fingerprint density at radius 3 is 2.54 bits per heavy atom. The van der Waals surface area contributed by atoms with Crippen molar-refractivity contribution in [2.45, 2.75) is 25.8 Å². The summed E-state index contributed by atoms with van der Waals surface area (Å²) in [5.41, 5.74) is 2.08. The highest BCUT2D eigenvalue weighted by Crippen LogP contribution is 2.37. The van der Waals surface area contributed by atoms with Crippen LogP contribution in [0.4, 0.5) is 0 Å². The number of carboxylic acid groups (broad SMARTS) is 1. The van der Waals surface area contributed by atoms with E-state index < -0.39 is 5.97 Å². The number of benzene rings is 1. The van der Waals surface area contributed by atoms with Gasteiger partial charge in [0, 0.05) is 24.2 Å². The number of hydrogen-bond acceptors (Lipinski definition) is 4. The quantitative estimate of drug-likeness (QED) is 0.910. The van der Waals surface area contributed by atoms with Crippen LogP contribution >= 0.6 is 0 Å². The third-order valence-electron chi connectivity index (χ3n) is 4.83. The van der Waals surface area contributed by atoms with Crippen molar-refractivity contribution in [1.29, 1.82) is 0 Å². The topological polar surface area (TPSA) is 63.9 Å². The molecule has 6 heteroatoms. The maximum absolute atomic E-state index is 11.2. The van der Waals surface area contributed by atoms with Gasteiger partial charge in [-0.2, -0.15) is 0 Å². The van der Waals surface area contributed by atoms with Crippen molar-refractivity contribution >= 4 is 16.9 Å². The van der Waals surface area contributed by atoms with Gasteiger partial charge in [-0.05, 0) is 44.0 Å². The molecule has 6 nitrogen and oxygen atoms in total. The Morgan fingerprint density at radius 2 is 1.83 bits per heavy atom. The predicted octanol–water partition coefficient (Wildman–Crippen LogP) is 2.14. The molecule has 0 spiro atoms. The molecule has 1 saturated heterocycles. The van der Waals surface area contributed by atoms with E-state index in [1.807, 2.05) is 18.3 Å². The Kier molecular flexibility index (Phi) is 4.06. The molecule has 0 bridgehead atoms. The van der Waals surface area contributed by atoms with Crippen LogP contribution in [0.15, 0.2) is 18.3 Å². The fourth-order valence-corrected chi connectivity index (χ4v) is 3.66. The van der Waals surface area contributed by atoms with Gasteiger partial charge in [0.2, 0.25) is 0 Å². The van der Waals surface area contributed by atoms with Crippen molar-refractivity contribution in [1.82, 2.24) is 9.47 Å². The first-order chi connectivity index (χ1) is 11.7. The van der Waals surface area contributed by atoms with E-state index >= 15 is 0 Å². The summed E-state index contributed by atoms with van der Waals surface area (Å²) in [6.07, 6.45) is 5.45. The van der Waals surface area contributed by atoms with E-state index in [-0.39, 0.29) is 6.54 Å². The van der Waals surface area contributed by atoms with Crippen LogP contribution in [0, 0.1) is 0 Å². The highest BCUT2D eigenvalue weighted by Gasteiger charge is 2.19. The summed E-state index contributed by atoms with van der Waals surface area (Å²) in [6, 6.07) is 3.91. The van der Waals surface area contributed by atoms with Crippen molar-refractivity contribution in [3.63, 3.8) is 0 Å². The van der Waals surface area contributed by atoms with Gasteiger partial charge in [0.1, 0.15) is 19.8 Å². The lowest BCUT2D eigenvalue weighted by Crippen LogP contribution is -2.21. The lowest BCUT2D eigenvalue weighted by molar-refractivity contribution is -0.137. The minimum absolute atomic E-state index is 0.0418. The molecule has 1 aromatic heterocycles. The molecular weight excluding hydrogens is 308 g/mol. The van der Waals surface area contributed by atoms with Crippen LogP contribution in [0.25, 0.3) is 10.9 Å². The van der Waals surface area contributed by atoms with Gasteiger partial charge in [0.15, 0.2) is 11.5 Å². The number of nitrogens with zero attached hydrogens (tertiary/aromatic N) is 2. The second-order valence-electron chi connectivity index (χ2n) is 6.49. The van der Waals surface area contributed by atoms with E-state index in [1.54, 1.807) is 4.57 Å². The van der Waals surface area contributed by atoms with E-state index in [4.69, 9.17) is 9.47 Å². The maximum atomic E-state index is 11.2. The van der Waals surface area contributed by atoms with Crippen LogP contribution in [0.3, 0.4) is 0 Å². The molecule has 1 fully saturated rings. The van der Waals surface area contributed by atoms with Crippen LogP contribution in [0.1, 0.15) is 18.4 Å². The number of hydrogen-bond donors (Lipinski definition) is 1. The molecule has 0 aliphatic carbocycles. The second kappa shape index (κ2) is 6.36. The molecule has 0 saturated carbocycles. The number of fused-ring (bicyclic) bond motifs is 2. The van der Waals surface area contributed by atoms with Gasteiger partial charge in [-0.1, -0.05) is 0 Å². The number of rotatable bonds is 5. The Hall–Kier alpha value is -2.21. The first-order valence-corrected chi connectivity index (χ1v) is 8.56. The molecular formula is C18H22N2O4. The number of aromatic nitrogens is 1. The summed E-state index contributed by atoms with van der Waals surface area (Å²) < 4.78 is 13.1. The molecule has 2 aromatic rings. The first-order valence-electron chi connectivity index (χ1n) is 8.56.